The van der Waals surface area contributed by atoms with Gasteiger partial charge in [-0.2, -0.15) is 0 Å². The van der Waals surface area contributed by atoms with Crippen LogP contribution in [-0.4, -0.2) is 22.1 Å². The molecule has 0 bridgehead atoms. The molecular formula is C21H18N2O3. The third-order valence-corrected chi connectivity index (χ3v) is 4.23. The number of hydrogen-bond donors (Lipinski definition) is 2. The average molecular weight is 346 g/mol. The van der Waals surface area contributed by atoms with E-state index in [-0.39, 0.29) is 11.6 Å². The number of fused-ring (bicyclic) bond motifs is 2. The number of para-hydroxylation sites is 1. The number of aromatic carboxylic acids is 1. The van der Waals surface area contributed by atoms with E-state index in [1.165, 1.54) is 0 Å². The predicted molar refractivity (Wildman–Crippen MR) is 103 cm³/mol. The van der Waals surface area contributed by atoms with E-state index in [1.54, 1.807) is 24.4 Å². The fourth-order valence-corrected chi connectivity index (χ4v) is 3.12. The minimum Gasteiger partial charge on any atom is -0.478 e. The Morgan fingerprint density at radius 3 is 2.69 bits per heavy atom. The van der Waals surface area contributed by atoms with Crippen LogP contribution < -0.4 is 5.32 Å². The van der Waals surface area contributed by atoms with E-state index in [9.17, 15) is 9.90 Å². The molecule has 4 aromatic rings. The summed E-state index contributed by atoms with van der Waals surface area (Å²) in [5.41, 5.74) is 3.37. The van der Waals surface area contributed by atoms with Gasteiger partial charge < -0.3 is 14.8 Å². The third kappa shape index (κ3) is 2.77. The second-order valence-corrected chi connectivity index (χ2v) is 6.53. The Bertz CT molecular complexity index is 1100. The van der Waals surface area contributed by atoms with E-state index >= 15 is 0 Å². The molecule has 2 heterocycles. The number of hydrogen-bond acceptors (Lipinski definition) is 4. The van der Waals surface area contributed by atoms with Crippen molar-refractivity contribution >= 4 is 33.5 Å². The van der Waals surface area contributed by atoms with E-state index < -0.39 is 5.97 Å². The minimum atomic E-state index is -0.968. The van der Waals surface area contributed by atoms with E-state index in [4.69, 9.17) is 4.42 Å². The van der Waals surface area contributed by atoms with Crippen LogP contribution in [0.2, 0.25) is 0 Å². The van der Waals surface area contributed by atoms with Gasteiger partial charge in [0, 0.05) is 16.8 Å². The maximum absolute atomic E-state index is 11.4. The summed E-state index contributed by atoms with van der Waals surface area (Å²) in [7, 11) is 0. The molecule has 130 valence electrons. The van der Waals surface area contributed by atoms with Crippen LogP contribution in [-0.2, 0) is 0 Å². The Kier molecular flexibility index (Phi) is 3.84. The molecule has 0 saturated heterocycles. The minimum absolute atomic E-state index is 0.194. The Morgan fingerprint density at radius 1 is 1.15 bits per heavy atom. The summed E-state index contributed by atoms with van der Waals surface area (Å²) in [5, 5.41) is 14.5. The number of benzene rings is 2. The zero-order valence-electron chi connectivity index (χ0n) is 14.5. The molecule has 2 aromatic heterocycles. The molecule has 0 aliphatic carbocycles. The van der Waals surface area contributed by atoms with Crippen LogP contribution >= 0.6 is 0 Å². The van der Waals surface area contributed by atoms with Crippen LogP contribution in [0.15, 0.2) is 59.1 Å². The number of rotatable bonds is 4. The molecular weight excluding hydrogens is 328 g/mol. The molecule has 0 fully saturated rings. The summed E-state index contributed by atoms with van der Waals surface area (Å²) < 4.78 is 6.07. The highest BCUT2D eigenvalue weighted by molar-refractivity contribution is 6.04. The largest absolute Gasteiger partial charge is 0.478 e. The first-order chi connectivity index (χ1) is 12.5. The van der Waals surface area contributed by atoms with Crippen LogP contribution in [0.3, 0.4) is 0 Å². The lowest BCUT2D eigenvalue weighted by atomic mass is 10.0. The van der Waals surface area contributed by atoms with Crippen molar-refractivity contribution < 1.29 is 14.3 Å². The van der Waals surface area contributed by atoms with Gasteiger partial charge in [-0.15, -0.1) is 0 Å². The van der Waals surface area contributed by atoms with E-state index in [1.807, 2.05) is 44.2 Å². The van der Waals surface area contributed by atoms with Crippen molar-refractivity contribution in [3.05, 3.63) is 60.3 Å². The van der Waals surface area contributed by atoms with Crippen LogP contribution in [0, 0.1) is 0 Å². The maximum atomic E-state index is 11.4. The summed E-state index contributed by atoms with van der Waals surface area (Å²) in [6.45, 7) is 4.08. The summed E-state index contributed by atoms with van der Waals surface area (Å²) >= 11 is 0. The zero-order valence-corrected chi connectivity index (χ0v) is 14.5. The van der Waals surface area contributed by atoms with Crippen molar-refractivity contribution in [2.75, 3.05) is 5.32 Å². The van der Waals surface area contributed by atoms with Gasteiger partial charge in [0.1, 0.15) is 11.3 Å². The van der Waals surface area contributed by atoms with Crippen molar-refractivity contribution in [3.8, 4) is 11.3 Å². The van der Waals surface area contributed by atoms with E-state index in [0.29, 0.717) is 5.76 Å². The fourth-order valence-electron chi connectivity index (χ4n) is 3.12. The highest BCUT2D eigenvalue weighted by Gasteiger charge is 2.17. The molecule has 0 saturated carbocycles. The maximum Gasteiger partial charge on any atom is 0.335 e. The molecule has 0 spiro atoms. The normalized spacial score (nSPS) is 11.3. The number of nitrogens with one attached hydrogen (secondary N) is 1. The number of anilines is 1. The first-order valence-corrected chi connectivity index (χ1v) is 8.44. The van der Waals surface area contributed by atoms with Gasteiger partial charge in [-0.1, -0.05) is 18.2 Å². The molecule has 0 amide bonds. The Hall–Kier alpha value is -3.34. The van der Waals surface area contributed by atoms with Crippen molar-refractivity contribution in [3.63, 3.8) is 0 Å². The number of carbonyl (C=O) groups is 1. The Morgan fingerprint density at radius 2 is 1.96 bits per heavy atom. The number of carboxylic acid groups (broad SMARTS) is 1. The molecule has 26 heavy (non-hydrogen) atoms. The first kappa shape index (κ1) is 16.1. The van der Waals surface area contributed by atoms with E-state index in [0.717, 1.165) is 33.1 Å². The predicted octanol–water partition coefficient (Wildman–Crippen LogP) is 5.17. The van der Waals surface area contributed by atoms with Crippen LogP contribution in [0.1, 0.15) is 24.2 Å². The first-order valence-electron chi connectivity index (χ1n) is 8.44. The van der Waals surface area contributed by atoms with Gasteiger partial charge in [-0.05, 0) is 44.2 Å². The van der Waals surface area contributed by atoms with Crippen molar-refractivity contribution in [1.29, 1.82) is 0 Å². The van der Waals surface area contributed by atoms with Crippen LogP contribution in [0.4, 0.5) is 5.69 Å². The van der Waals surface area contributed by atoms with Crippen LogP contribution in [0.5, 0.6) is 0 Å². The summed E-state index contributed by atoms with van der Waals surface area (Å²) in [5.74, 6) is -0.283. The molecule has 5 heteroatoms. The molecule has 0 aliphatic rings. The lowest BCUT2D eigenvalue weighted by Gasteiger charge is -2.15. The molecule has 2 N–H and O–H groups in total. The number of carboxylic acids is 1. The van der Waals surface area contributed by atoms with Gasteiger partial charge in [0.05, 0.1) is 28.5 Å². The molecule has 0 atom stereocenters. The van der Waals surface area contributed by atoms with Crippen molar-refractivity contribution in [2.24, 2.45) is 0 Å². The van der Waals surface area contributed by atoms with Gasteiger partial charge >= 0.3 is 5.97 Å². The van der Waals surface area contributed by atoms with Gasteiger partial charge in [0.25, 0.3) is 0 Å². The topological polar surface area (TPSA) is 75.4 Å². The number of pyridine rings is 1. The average Bonchev–Trinajstić information content (AvgIpc) is 3.04. The van der Waals surface area contributed by atoms with Crippen molar-refractivity contribution in [1.82, 2.24) is 4.98 Å². The molecule has 2 aromatic carbocycles. The number of nitrogens with zero attached hydrogens (tertiary/aromatic N) is 1. The lowest BCUT2D eigenvalue weighted by molar-refractivity contribution is 0.0697. The molecule has 4 rings (SSSR count). The smallest absolute Gasteiger partial charge is 0.335 e. The highest BCUT2D eigenvalue weighted by atomic mass is 16.4. The molecule has 0 radical (unpaired) electrons. The summed E-state index contributed by atoms with van der Waals surface area (Å²) in [4.78, 5) is 15.9. The molecule has 0 unspecified atom stereocenters. The second kappa shape index (κ2) is 6.19. The molecule has 0 aliphatic heterocycles. The highest BCUT2D eigenvalue weighted by Crippen LogP contribution is 2.38. The number of aromatic nitrogens is 1. The van der Waals surface area contributed by atoms with Gasteiger partial charge in [-0.3, -0.25) is 4.98 Å². The van der Waals surface area contributed by atoms with Crippen molar-refractivity contribution in [2.45, 2.75) is 19.9 Å². The summed E-state index contributed by atoms with van der Waals surface area (Å²) in [6.07, 6.45) is 1.77. The van der Waals surface area contributed by atoms with Gasteiger partial charge in [0.15, 0.2) is 0 Å². The standard InChI is InChI=1S/C21H18N2O3/c1-12(2)23-17-11-22-16-8-7-14(21(24)25)9-15(16)20(17)19-10-13-5-3-4-6-18(13)26-19/h3-12,23H,1-2H3,(H,24,25). The molecule has 5 nitrogen and oxygen atoms in total. The van der Waals surface area contributed by atoms with Gasteiger partial charge in [-0.25, -0.2) is 4.79 Å². The van der Waals surface area contributed by atoms with Gasteiger partial charge in [0.2, 0.25) is 0 Å². The Balaban J connectivity index is 2.04. The quantitative estimate of drug-likeness (QED) is 0.533. The Labute approximate surface area is 150 Å². The zero-order chi connectivity index (χ0) is 18.3. The second-order valence-electron chi connectivity index (χ2n) is 6.53. The monoisotopic (exact) mass is 346 g/mol. The third-order valence-electron chi connectivity index (χ3n) is 4.23. The SMILES string of the molecule is CC(C)Nc1cnc2ccc(C(=O)O)cc2c1-c1cc2ccccc2o1. The fraction of sp³-hybridized carbons (Fsp3) is 0.143. The lowest BCUT2D eigenvalue weighted by Crippen LogP contribution is -2.11. The number of furan rings is 1. The van der Waals surface area contributed by atoms with E-state index in [2.05, 4.69) is 10.3 Å². The summed E-state index contributed by atoms with van der Waals surface area (Å²) in [6, 6.07) is 14.9. The van der Waals surface area contributed by atoms with Crippen LogP contribution in [0.25, 0.3) is 33.2 Å².